The van der Waals surface area contributed by atoms with Gasteiger partial charge in [0.15, 0.2) is 5.78 Å². The van der Waals surface area contributed by atoms with E-state index in [0.717, 1.165) is 9.15 Å². The number of hydrogen-bond donors (Lipinski definition) is 0. The molecule has 0 atom stereocenters. The molecule has 0 saturated heterocycles. The van der Waals surface area contributed by atoms with Crippen molar-refractivity contribution in [3.8, 4) is 0 Å². The SMILES string of the molecule is CC(=O)C(I)=C(C)C. The molecular formula is C6H9IO. The molecule has 0 aliphatic carbocycles. The van der Waals surface area contributed by atoms with Gasteiger partial charge in [0, 0.05) is 0 Å². The Bertz CT molecular complexity index is 131. The third-order valence-electron chi connectivity index (χ3n) is 0.748. The van der Waals surface area contributed by atoms with Crippen molar-refractivity contribution in [2.24, 2.45) is 0 Å². The van der Waals surface area contributed by atoms with E-state index in [9.17, 15) is 4.79 Å². The van der Waals surface area contributed by atoms with Crippen molar-refractivity contribution in [2.45, 2.75) is 20.8 Å². The van der Waals surface area contributed by atoms with Crippen LogP contribution in [-0.4, -0.2) is 5.78 Å². The maximum atomic E-state index is 10.5. The highest BCUT2D eigenvalue weighted by molar-refractivity contribution is 14.1. The minimum absolute atomic E-state index is 0.158. The van der Waals surface area contributed by atoms with Crippen LogP contribution < -0.4 is 0 Å². The van der Waals surface area contributed by atoms with Gasteiger partial charge in [-0.2, -0.15) is 0 Å². The summed E-state index contributed by atoms with van der Waals surface area (Å²) in [5.74, 6) is 0.158. The maximum absolute atomic E-state index is 10.5. The molecular weight excluding hydrogens is 215 g/mol. The summed E-state index contributed by atoms with van der Waals surface area (Å²) in [6.07, 6.45) is 0. The van der Waals surface area contributed by atoms with Gasteiger partial charge in [0.1, 0.15) is 0 Å². The highest BCUT2D eigenvalue weighted by atomic mass is 127. The number of carbonyl (C=O) groups excluding carboxylic acids is 1. The van der Waals surface area contributed by atoms with E-state index in [0.29, 0.717) is 0 Å². The Balaban J connectivity index is 4.23. The highest BCUT2D eigenvalue weighted by Gasteiger charge is 1.97. The van der Waals surface area contributed by atoms with Gasteiger partial charge in [-0.1, -0.05) is 5.57 Å². The Kier molecular flexibility index (Phi) is 3.28. The van der Waals surface area contributed by atoms with Crippen molar-refractivity contribution >= 4 is 28.4 Å². The molecule has 1 nitrogen and oxygen atoms in total. The van der Waals surface area contributed by atoms with Crippen LogP contribution in [0.25, 0.3) is 0 Å². The zero-order valence-electron chi connectivity index (χ0n) is 5.29. The van der Waals surface area contributed by atoms with E-state index in [1.54, 1.807) is 6.92 Å². The van der Waals surface area contributed by atoms with Crippen molar-refractivity contribution < 1.29 is 4.79 Å². The number of halogens is 1. The van der Waals surface area contributed by atoms with Crippen molar-refractivity contribution in [3.63, 3.8) is 0 Å². The molecule has 0 N–H and O–H groups in total. The van der Waals surface area contributed by atoms with Gasteiger partial charge in [-0.05, 0) is 43.4 Å². The van der Waals surface area contributed by atoms with Gasteiger partial charge in [-0.3, -0.25) is 4.79 Å². The second-order valence-electron chi connectivity index (χ2n) is 1.87. The summed E-state index contributed by atoms with van der Waals surface area (Å²) in [7, 11) is 0. The van der Waals surface area contributed by atoms with Crippen molar-refractivity contribution in [2.75, 3.05) is 0 Å². The summed E-state index contributed by atoms with van der Waals surface area (Å²) in [5, 5.41) is 0. The predicted molar refractivity (Wildman–Crippen MR) is 43.1 cm³/mol. The molecule has 0 aromatic rings. The van der Waals surface area contributed by atoms with Crippen LogP contribution in [0, 0.1) is 0 Å². The van der Waals surface area contributed by atoms with E-state index in [2.05, 4.69) is 22.6 Å². The fraction of sp³-hybridized carbons (Fsp3) is 0.500. The molecule has 0 aromatic heterocycles. The molecule has 0 spiro atoms. The molecule has 0 rings (SSSR count). The Morgan fingerprint density at radius 3 is 1.62 bits per heavy atom. The number of Topliss-reactive ketones (excluding diaryl/α,β-unsaturated/α-hetero) is 1. The van der Waals surface area contributed by atoms with E-state index in [-0.39, 0.29) is 5.78 Å². The molecule has 0 aliphatic rings. The monoisotopic (exact) mass is 224 g/mol. The third kappa shape index (κ3) is 2.45. The van der Waals surface area contributed by atoms with Crippen molar-refractivity contribution in [1.82, 2.24) is 0 Å². The molecule has 0 bridgehead atoms. The molecule has 8 heavy (non-hydrogen) atoms. The lowest BCUT2D eigenvalue weighted by molar-refractivity contribution is -0.112. The summed E-state index contributed by atoms with van der Waals surface area (Å²) in [5.41, 5.74) is 1.10. The Hall–Kier alpha value is 0.140. The Morgan fingerprint density at radius 1 is 1.25 bits per heavy atom. The van der Waals surface area contributed by atoms with E-state index in [4.69, 9.17) is 0 Å². The molecule has 0 saturated carbocycles. The first kappa shape index (κ1) is 8.14. The number of rotatable bonds is 1. The standard InChI is InChI=1S/C6H9IO/c1-4(2)6(7)5(3)8/h1-3H3. The van der Waals surface area contributed by atoms with Crippen molar-refractivity contribution in [1.29, 1.82) is 0 Å². The summed E-state index contributed by atoms with van der Waals surface area (Å²) in [4.78, 5) is 10.5. The quantitative estimate of drug-likeness (QED) is 0.493. The zero-order valence-corrected chi connectivity index (χ0v) is 7.44. The molecule has 0 radical (unpaired) electrons. The van der Waals surface area contributed by atoms with Crippen LogP contribution in [0.4, 0.5) is 0 Å². The first-order chi connectivity index (χ1) is 3.55. The summed E-state index contributed by atoms with van der Waals surface area (Å²) in [6.45, 7) is 5.45. The third-order valence-corrected chi connectivity index (χ3v) is 2.59. The molecule has 0 aliphatic heterocycles. The van der Waals surface area contributed by atoms with Gasteiger partial charge in [0.2, 0.25) is 0 Å². The zero-order chi connectivity index (χ0) is 6.73. The van der Waals surface area contributed by atoms with E-state index >= 15 is 0 Å². The predicted octanol–water partition coefficient (Wildman–Crippen LogP) is 2.30. The summed E-state index contributed by atoms with van der Waals surface area (Å²) < 4.78 is 0.850. The van der Waals surface area contributed by atoms with E-state index in [1.807, 2.05) is 13.8 Å². The average Bonchev–Trinajstić information content (AvgIpc) is 1.64. The average molecular weight is 224 g/mol. The molecule has 0 amide bonds. The van der Waals surface area contributed by atoms with Gasteiger partial charge in [-0.15, -0.1) is 0 Å². The number of hydrogen-bond acceptors (Lipinski definition) is 1. The number of ketones is 1. The maximum Gasteiger partial charge on any atom is 0.165 e. The van der Waals surface area contributed by atoms with Gasteiger partial charge in [-0.25, -0.2) is 0 Å². The lowest BCUT2D eigenvalue weighted by Gasteiger charge is -1.91. The first-order valence-corrected chi connectivity index (χ1v) is 3.47. The van der Waals surface area contributed by atoms with Crippen molar-refractivity contribution in [3.05, 3.63) is 9.15 Å². The fourth-order valence-corrected chi connectivity index (χ4v) is 0.352. The minimum atomic E-state index is 0.158. The lowest BCUT2D eigenvalue weighted by atomic mass is 10.3. The molecule has 0 fully saturated rings. The fourth-order valence-electron chi connectivity index (χ4n) is 0.352. The van der Waals surface area contributed by atoms with E-state index < -0.39 is 0 Å². The van der Waals surface area contributed by atoms with Gasteiger partial charge < -0.3 is 0 Å². The van der Waals surface area contributed by atoms with Gasteiger partial charge in [0.05, 0.1) is 3.58 Å². The van der Waals surface area contributed by atoms with E-state index in [1.165, 1.54) is 0 Å². The number of carbonyl (C=O) groups is 1. The molecule has 2 heteroatoms. The Labute approximate surface area is 63.3 Å². The van der Waals surface area contributed by atoms with Crippen LogP contribution >= 0.6 is 22.6 Å². The first-order valence-electron chi connectivity index (χ1n) is 2.39. The molecule has 0 aromatic carbocycles. The van der Waals surface area contributed by atoms with Crippen LogP contribution in [0.2, 0.25) is 0 Å². The largest absolute Gasteiger partial charge is 0.294 e. The second kappa shape index (κ2) is 3.22. The van der Waals surface area contributed by atoms with Gasteiger partial charge >= 0.3 is 0 Å². The summed E-state index contributed by atoms with van der Waals surface area (Å²) >= 11 is 2.05. The Morgan fingerprint density at radius 2 is 1.62 bits per heavy atom. The van der Waals surface area contributed by atoms with Crippen LogP contribution in [0.5, 0.6) is 0 Å². The van der Waals surface area contributed by atoms with Crippen LogP contribution in [0.15, 0.2) is 9.15 Å². The molecule has 0 unspecified atom stereocenters. The summed E-state index contributed by atoms with van der Waals surface area (Å²) in [6, 6.07) is 0. The van der Waals surface area contributed by atoms with Gasteiger partial charge in [0.25, 0.3) is 0 Å². The minimum Gasteiger partial charge on any atom is -0.294 e. The molecule has 0 heterocycles. The number of allylic oxidation sites excluding steroid dienone is 2. The van der Waals surface area contributed by atoms with Crippen LogP contribution in [-0.2, 0) is 4.79 Å². The smallest absolute Gasteiger partial charge is 0.165 e. The topological polar surface area (TPSA) is 17.1 Å². The normalized spacial score (nSPS) is 8.50. The highest BCUT2D eigenvalue weighted by Crippen LogP contribution is 2.11. The molecule has 46 valence electrons. The lowest BCUT2D eigenvalue weighted by Crippen LogP contribution is -1.89. The van der Waals surface area contributed by atoms with Crippen LogP contribution in [0.3, 0.4) is 0 Å². The second-order valence-corrected chi connectivity index (χ2v) is 2.95. The van der Waals surface area contributed by atoms with Crippen LogP contribution in [0.1, 0.15) is 20.8 Å².